The van der Waals surface area contributed by atoms with Crippen molar-refractivity contribution in [2.24, 2.45) is 0 Å². The maximum Gasteiger partial charge on any atom is 0.469 e. The quantitative estimate of drug-likeness (QED) is 0.377. The summed E-state index contributed by atoms with van der Waals surface area (Å²) in [6.07, 6.45) is 1.26. The molecule has 0 aliphatic heterocycles. The molecule has 0 amide bonds. The Hall–Kier alpha value is 0.564. The molecule has 0 rings (SSSR count). The zero-order chi connectivity index (χ0) is 6.62. The van der Waals surface area contributed by atoms with E-state index in [1.54, 1.807) is 0 Å². The van der Waals surface area contributed by atoms with Gasteiger partial charge in [0.15, 0.2) is 0 Å². The summed E-state index contributed by atoms with van der Waals surface area (Å²) in [5.74, 6) is 0. The van der Waals surface area contributed by atoms with Crippen LogP contribution in [-0.4, -0.2) is 16.4 Å². The molecule has 6 heteroatoms. The minimum absolute atomic E-state index is 0. The molecule has 0 unspecified atom stereocenters. The average molecular weight is 186 g/mol. The van der Waals surface area contributed by atoms with Crippen LogP contribution in [0.4, 0.5) is 0 Å². The fourth-order valence-corrected chi connectivity index (χ4v) is 0.449. The van der Waals surface area contributed by atoms with Gasteiger partial charge in [-0.15, -0.1) is 6.58 Å². The molecule has 0 spiro atoms. The topological polar surface area (TPSA) is 66.8 Å². The number of hydrogen-bond acceptors (Lipinski definition) is 2. The summed E-state index contributed by atoms with van der Waals surface area (Å²) >= 11 is 0. The number of rotatable bonds is 3. The summed E-state index contributed by atoms with van der Waals surface area (Å²) in [7, 11) is -4.25. The zero-order valence-corrected chi connectivity index (χ0v) is 7.11. The van der Waals surface area contributed by atoms with E-state index in [0.717, 1.165) is 0 Å². The third kappa shape index (κ3) is 11.9. The van der Waals surface area contributed by atoms with E-state index in [0.29, 0.717) is 0 Å². The van der Waals surface area contributed by atoms with Gasteiger partial charge in [-0.2, -0.15) is 0 Å². The van der Waals surface area contributed by atoms with Crippen LogP contribution < -0.4 is 0 Å². The Morgan fingerprint density at radius 3 is 2.22 bits per heavy atom. The molecule has 0 aromatic rings. The van der Waals surface area contributed by atoms with Crippen molar-refractivity contribution in [3.8, 4) is 0 Å². The summed E-state index contributed by atoms with van der Waals surface area (Å²) in [6.45, 7) is 3.07. The fourth-order valence-electron chi connectivity index (χ4n) is 0.150. The Morgan fingerprint density at radius 2 is 2.11 bits per heavy atom. The molecule has 0 radical (unpaired) electrons. The van der Waals surface area contributed by atoms with Crippen molar-refractivity contribution in [2.75, 3.05) is 6.61 Å². The first kappa shape index (κ1) is 12.3. The van der Waals surface area contributed by atoms with Crippen LogP contribution in [0.1, 0.15) is 0 Å². The SMILES string of the molecule is C=CCOP(=O)(O)O.[Ti]. The van der Waals surface area contributed by atoms with Gasteiger partial charge in [-0.3, -0.25) is 4.52 Å². The van der Waals surface area contributed by atoms with Gasteiger partial charge >= 0.3 is 7.82 Å². The third-order valence-corrected chi connectivity index (χ3v) is 0.846. The van der Waals surface area contributed by atoms with Crippen LogP contribution >= 0.6 is 7.82 Å². The van der Waals surface area contributed by atoms with Crippen molar-refractivity contribution in [3.63, 3.8) is 0 Å². The van der Waals surface area contributed by atoms with E-state index >= 15 is 0 Å². The zero-order valence-electron chi connectivity index (χ0n) is 4.65. The van der Waals surface area contributed by atoms with Crippen LogP contribution in [0.15, 0.2) is 12.7 Å². The second-order valence-electron chi connectivity index (χ2n) is 1.08. The van der Waals surface area contributed by atoms with E-state index in [-0.39, 0.29) is 28.3 Å². The molecule has 0 aliphatic rings. The van der Waals surface area contributed by atoms with Gasteiger partial charge in [-0.25, -0.2) is 4.57 Å². The van der Waals surface area contributed by atoms with Gasteiger partial charge < -0.3 is 9.79 Å². The first-order chi connectivity index (χ1) is 3.56. The van der Waals surface area contributed by atoms with Crippen molar-refractivity contribution < 1.29 is 40.6 Å². The minimum atomic E-state index is -4.25. The van der Waals surface area contributed by atoms with Gasteiger partial charge in [0.2, 0.25) is 0 Å². The summed E-state index contributed by atoms with van der Waals surface area (Å²) in [4.78, 5) is 16.0. The molecule has 0 aromatic heterocycles. The van der Waals surface area contributed by atoms with Crippen LogP contribution in [0, 0.1) is 0 Å². The monoisotopic (exact) mass is 186 g/mol. The van der Waals surface area contributed by atoms with Gasteiger partial charge in [0.05, 0.1) is 6.61 Å². The van der Waals surface area contributed by atoms with Crippen LogP contribution in [0.3, 0.4) is 0 Å². The minimum Gasteiger partial charge on any atom is -0.303 e. The molecule has 4 nitrogen and oxygen atoms in total. The van der Waals surface area contributed by atoms with Gasteiger partial charge in [-0.1, -0.05) is 6.08 Å². The second-order valence-corrected chi connectivity index (χ2v) is 2.31. The largest absolute Gasteiger partial charge is 0.469 e. The first-order valence-electron chi connectivity index (χ1n) is 1.87. The second kappa shape index (κ2) is 5.36. The van der Waals surface area contributed by atoms with E-state index in [2.05, 4.69) is 11.1 Å². The van der Waals surface area contributed by atoms with E-state index in [9.17, 15) is 4.57 Å². The molecule has 0 heterocycles. The molecule has 2 N–H and O–H groups in total. The van der Waals surface area contributed by atoms with E-state index < -0.39 is 7.82 Å². The Kier molecular flexibility index (Phi) is 7.30. The summed E-state index contributed by atoms with van der Waals surface area (Å²) < 4.78 is 13.7. The smallest absolute Gasteiger partial charge is 0.303 e. The number of phosphoric ester groups is 1. The molecular formula is C3H7O4PTi. The van der Waals surface area contributed by atoms with E-state index in [1.165, 1.54) is 6.08 Å². The van der Waals surface area contributed by atoms with E-state index in [1.807, 2.05) is 0 Å². The maximum atomic E-state index is 9.81. The van der Waals surface area contributed by atoms with Crippen molar-refractivity contribution in [2.45, 2.75) is 0 Å². The molecule has 0 saturated carbocycles. The standard InChI is InChI=1S/C3H7O4P.Ti/c1-2-3-7-8(4,5)6;/h2H,1,3H2,(H2,4,5,6);. The van der Waals surface area contributed by atoms with E-state index in [4.69, 9.17) is 9.79 Å². The predicted octanol–water partition coefficient (Wildman–Crippen LogP) is 0.279. The Labute approximate surface area is 68.0 Å². The molecule has 0 aromatic carbocycles. The average Bonchev–Trinajstić information content (AvgIpc) is 1.59. The Balaban J connectivity index is 0. The van der Waals surface area contributed by atoms with Crippen LogP contribution in [0.25, 0.3) is 0 Å². The number of hydrogen-bond donors (Lipinski definition) is 2. The van der Waals surface area contributed by atoms with Gasteiger partial charge in [0.1, 0.15) is 0 Å². The molecule has 0 aliphatic carbocycles. The molecule has 52 valence electrons. The van der Waals surface area contributed by atoms with Crippen molar-refractivity contribution in [1.29, 1.82) is 0 Å². The number of phosphoric acid groups is 1. The molecule has 0 bridgehead atoms. The first-order valence-corrected chi connectivity index (χ1v) is 3.40. The molecule has 0 saturated heterocycles. The predicted molar refractivity (Wildman–Crippen MR) is 28.2 cm³/mol. The Morgan fingerprint density at radius 1 is 1.67 bits per heavy atom. The molecular weight excluding hydrogens is 179 g/mol. The van der Waals surface area contributed by atoms with Crippen LogP contribution in [0.2, 0.25) is 0 Å². The van der Waals surface area contributed by atoms with Gasteiger partial charge in [0, 0.05) is 21.7 Å². The summed E-state index contributed by atoms with van der Waals surface area (Å²) in [5.41, 5.74) is 0. The normalized spacial score (nSPS) is 10.0. The fraction of sp³-hybridized carbons (Fsp3) is 0.333. The van der Waals surface area contributed by atoms with Crippen molar-refractivity contribution in [1.82, 2.24) is 0 Å². The van der Waals surface area contributed by atoms with Crippen LogP contribution in [-0.2, 0) is 30.8 Å². The molecule has 0 atom stereocenters. The Bertz CT molecular complexity index is 119. The summed E-state index contributed by atoms with van der Waals surface area (Å²) in [6, 6.07) is 0. The molecule has 9 heavy (non-hydrogen) atoms. The molecule has 0 fully saturated rings. The third-order valence-electron chi connectivity index (χ3n) is 0.361. The van der Waals surface area contributed by atoms with Crippen LogP contribution in [0.5, 0.6) is 0 Å². The summed E-state index contributed by atoms with van der Waals surface area (Å²) in [5, 5.41) is 0. The maximum absolute atomic E-state index is 9.81. The van der Waals surface area contributed by atoms with Gasteiger partial charge in [0.25, 0.3) is 0 Å². The van der Waals surface area contributed by atoms with Crippen molar-refractivity contribution in [3.05, 3.63) is 12.7 Å². The van der Waals surface area contributed by atoms with Gasteiger partial charge in [-0.05, 0) is 0 Å². The van der Waals surface area contributed by atoms with Crippen molar-refractivity contribution >= 4 is 7.82 Å².